The number of nitrogens with one attached hydrogen (secondary N) is 1. The second kappa shape index (κ2) is 7.72. The predicted molar refractivity (Wildman–Crippen MR) is 105 cm³/mol. The number of amides is 1. The number of rotatable bonds is 4. The number of aryl methyl sites for hydroxylation is 1. The third-order valence-electron chi connectivity index (χ3n) is 3.85. The fourth-order valence-corrected chi connectivity index (χ4v) is 3.94. The van der Waals surface area contributed by atoms with Crippen LogP contribution in [0.25, 0.3) is 11.1 Å². The van der Waals surface area contributed by atoms with Gasteiger partial charge in [0, 0.05) is 21.0 Å². The molecule has 1 heterocycles. The Morgan fingerprint density at radius 2 is 1.81 bits per heavy atom. The van der Waals surface area contributed by atoms with Crippen LogP contribution in [-0.4, -0.2) is 19.0 Å². The Labute approximate surface area is 160 Å². The van der Waals surface area contributed by atoms with E-state index in [9.17, 15) is 9.59 Å². The zero-order chi connectivity index (χ0) is 18.7. The van der Waals surface area contributed by atoms with Gasteiger partial charge in [0.05, 0.1) is 7.11 Å². The zero-order valence-electron chi connectivity index (χ0n) is 14.2. The first-order valence-corrected chi connectivity index (χ1v) is 9.04. The van der Waals surface area contributed by atoms with Gasteiger partial charge in [-0.1, -0.05) is 41.9 Å². The summed E-state index contributed by atoms with van der Waals surface area (Å²) in [6.45, 7) is 1.89. The van der Waals surface area contributed by atoms with Crippen LogP contribution in [0.2, 0.25) is 5.02 Å². The summed E-state index contributed by atoms with van der Waals surface area (Å²) < 4.78 is 4.95. The average Bonchev–Trinajstić information content (AvgIpc) is 2.97. The van der Waals surface area contributed by atoms with E-state index in [1.807, 2.05) is 25.1 Å². The SMILES string of the molecule is COC(=O)c1c(NC(=O)c2ccccc2)sc(C)c1-c1cccc(Cl)c1. The van der Waals surface area contributed by atoms with Gasteiger partial charge in [-0.2, -0.15) is 0 Å². The number of anilines is 1. The quantitative estimate of drug-likeness (QED) is 0.610. The molecule has 0 saturated heterocycles. The third kappa shape index (κ3) is 3.64. The Kier molecular flexibility index (Phi) is 5.40. The van der Waals surface area contributed by atoms with E-state index in [0.717, 1.165) is 10.4 Å². The van der Waals surface area contributed by atoms with E-state index in [2.05, 4.69) is 5.32 Å². The molecule has 1 N–H and O–H groups in total. The van der Waals surface area contributed by atoms with E-state index in [-0.39, 0.29) is 5.91 Å². The molecule has 26 heavy (non-hydrogen) atoms. The van der Waals surface area contributed by atoms with Crippen molar-refractivity contribution in [2.45, 2.75) is 6.92 Å². The van der Waals surface area contributed by atoms with Gasteiger partial charge in [-0.3, -0.25) is 4.79 Å². The molecule has 0 aliphatic carbocycles. The minimum atomic E-state index is -0.507. The van der Waals surface area contributed by atoms with E-state index < -0.39 is 5.97 Å². The number of hydrogen-bond acceptors (Lipinski definition) is 4. The second-order valence-electron chi connectivity index (χ2n) is 5.56. The van der Waals surface area contributed by atoms with Crippen LogP contribution in [0, 0.1) is 6.92 Å². The van der Waals surface area contributed by atoms with Gasteiger partial charge in [-0.15, -0.1) is 11.3 Å². The molecular weight excluding hydrogens is 370 g/mol. The molecule has 4 nitrogen and oxygen atoms in total. The smallest absolute Gasteiger partial charge is 0.341 e. The van der Waals surface area contributed by atoms with Gasteiger partial charge in [-0.05, 0) is 36.8 Å². The van der Waals surface area contributed by atoms with Crippen molar-refractivity contribution in [3.05, 3.63) is 75.6 Å². The fraction of sp³-hybridized carbons (Fsp3) is 0.100. The number of benzene rings is 2. The Balaban J connectivity index is 2.07. The Morgan fingerprint density at radius 3 is 2.46 bits per heavy atom. The lowest BCUT2D eigenvalue weighted by atomic mass is 10.0. The van der Waals surface area contributed by atoms with Crippen molar-refractivity contribution in [1.82, 2.24) is 0 Å². The second-order valence-corrected chi connectivity index (χ2v) is 7.22. The molecule has 0 fully saturated rings. The summed E-state index contributed by atoms with van der Waals surface area (Å²) in [6, 6.07) is 16.1. The molecule has 1 amide bonds. The van der Waals surface area contributed by atoms with Crippen LogP contribution in [0.1, 0.15) is 25.6 Å². The van der Waals surface area contributed by atoms with Crippen LogP contribution in [0.15, 0.2) is 54.6 Å². The molecule has 0 bridgehead atoms. The molecular formula is C20H16ClNO3S. The standard InChI is InChI=1S/C20H16ClNO3S/c1-12-16(14-9-6-10-15(21)11-14)17(20(24)25-2)19(26-12)22-18(23)13-7-4-3-5-8-13/h3-11H,1-2H3,(H,22,23). The average molecular weight is 386 g/mol. The van der Waals surface area contributed by atoms with Crippen LogP contribution in [0.5, 0.6) is 0 Å². The fourth-order valence-electron chi connectivity index (χ4n) is 2.69. The van der Waals surface area contributed by atoms with E-state index >= 15 is 0 Å². The summed E-state index contributed by atoms with van der Waals surface area (Å²) in [5.74, 6) is -0.790. The van der Waals surface area contributed by atoms with Gasteiger partial charge in [0.25, 0.3) is 5.91 Å². The summed E-state index contributed by atoms with van der Waals surface area (Å²) in [4.78, 5) is 25.8. The lowest BCUT2D eigenvalue weighted by Gasteiger charge is -2.08. The number of carbonyl (C=O) groups excluding carboxylic acids is 2. The third-order valence-corrected chi connectivity index (χ3v) is 5.11. The van der Waals surface area contributed by atoms with Gasteiger partial charge in [-0.25, -0.2) is 4.79 Å². The van der Waals surface area contributed by atoms with Crippen molar-refractivity contribution in [3.8, 4) is 11.1 Å². The van der Waals surface area contributed by atoms with Crippen LogP contribution in [-0.2, 0) is 4.74 Å². The highest BCUT2D eigenvalue weighted by atomic mass is 35.5. The number of carbonyl (C=O) groups is 2. The van der Waals surface area contributed by atoms with Crippen LogP contribution >= 0.6 is 22.9 Å². The minimum absolute atomic E-state index is 0.283. The van der Waals surface area contributed by atoms with Crippen molar-refractivity contribution in [3.63, 3.8) is 0 Å². The maximum absolute atomic E-state index is 12.5. The van der Waals surface area contributed by atoms with Crippen molar-refractivity contribution in [2.75, 3.05) is 12.4 Å². The molecule has 6 heteroatoms. The molecule has 0 radical (unpaired) electrons. The van der Waals surface area contributed by atoms with Crippen molar-refractivity contribution >= 4 is 39.8 Å². The molecule has 132 valence electrons. The van der Waals surface area contributed by atoms with E-state index in [1.54, 1.807) is 36.4 Å². The molecule has 2 aromatic carbocycles. The van der Waals surface area contributed by atoms with Gasteiger partial charge < -0.3 is 10.1 Å². The molecule has 1 aromatic heterocycles. The summed E-state index contributed by atoms with van der Waals surface area (Å²) in [6.07, 6.45) is 0. The monoisotopic (exact) mass is 385 g/mol. The largest absolute Gasteiger partial charge is 0.465 e. The molecule has 0 aliphatic rings. The van der Waals surface area contributed by atoms with Gasteiger partial charge in [0.2, 0.25) is 0 Å². The maximum atomic E-state index is 12.5. The molecule has 0 spiro atoms. The first-order valence-electron chi connectivity index (χ1n) is 7.85. The number of hydrogen-bond donors (Lipinski definition) is 1. The van der Waals surface area contributed by atoms with Gasteiger partial charge in [0.15, 0.2) is 0 Å². The summed E-state index contributed by atoms with van der Waals surface area (Å²) in [7, 11) is 1.32. The van der Waals surface area contributed by atoms with Crippen molar-refractivity contribution < 1.29 is 14.3 Å². The topological polar surface area (TPSA) is 55.4 Å². The lowest BCUT2D eigenvalue weighted by molar-refractivity contribution is 0.0603. The van der Waals surface area contributed by atoms with Gasteiger partial charge in [0.1, 0.15) is 10.6 Å². The normalized spacial score (nSPS) is 10.4. The number of halogens is 1. The Bertz CT molecular complexity index is 966. The van der Waals surface area contributed by atoms with E-state index in [0.29, 0.717) is 26.7 Å². The van der Waals surface area contributed by atoms with Crippen molar-refractivity contribution in [1.29, 1.82) is 0 Å². The van der Waals surface area contributed by atoms with Crippen LogP contribution in [0.3, 0.4) is 0 Å². The highest BCUT2D eigenvalue weighted by molar-refractivity contribution is 7.17. The zero-order valence-corrected chi connectivity index (χ0v) is 15.8. The molecule has 3 aromatic rings. The lowest BCUT2D eigenvalue weighted by Crippen LogP contribution is -2.14. The number of esters is 1. The van der Waals surface area contributed by atoms with Crippen molar-refractivity contribution in [2.24, 2.45) is 0 Å². The highest BCUT2D eigenvalue weighted by Crippen LogP contribution is 2.41. The van der Waals surface area contributed by atoms with Crippen LogP contribution < -0.4 is 5.32 Å². The molecule has 0 unspecified atom stereocenters. The van der Waals surface area contributed by atoms with Gasteiger partial charge >= 0.3 is 5.97 Å². The Morgan fingerprint density at radius 1 is 1.08 bits per heavy atom. The maximum Gasteiger partial charge on any atom is 0.341 e. The Hall–Kier alpha value is -2.63. The van der Waals surface area contributed by atoms with E-state index in [1.165, 1.54) is 18.4 Å². The molecule has 3 rings (SSSR count). The van der Waals surface area contributed by atoms with E-state index in [4.69, 9.17) is 16.3 Å². The number of ether oxygens (including phenoxy) is 1. The van der Waals surface area contributed by atoms with Crippen LogP contribution in [0.4, 0.5) is 5.00 Å². The number of thiophene rings is 1. The highest BCUT2D eigenvalue weighted by Gasteiger charge is 2.25. The first kappa shape index (κ1) is 18.2. The molecule has 0 saturated carbocycles. The first-order chi connectivity index (χ1) is 12.5. The summed E-state index contributed by atoms with van der Waals surface area (Å²) >= 11 is 7.43. The minimum Gasteiger partial charge on any atom is -0.465 e. The summed E-state index contributed by atoms with van der Waals surface area (Å²) in [5, 5.41) is 3.86. The molecule has 0 atom stereocenters. The molecule has 0 aliphatic heterocycles. The number of methoxy groups -OCH3 is 1. The summed E-state index contributed by atoms with van der Waals surface area (Å²) in [5.41, 5.74) is 2.36. The predicted octanol–water partition coefficient (Wildman–Crippen LogP) is 5.42.